The Kier molecular flexibility index (Phi) is 7.29. The lowest BCUT2D eigenvalue weighted by atomic mass is 10.0. The second-order valence-electron chi connectivity index (χ2n) is 13.4. The third-order valence-electron chi connectivity index (χ3n) is 10.0. The molecule has 0 saturated carbocycles. The minimum atomic E-state index is 0.616. The van der Waals surface area contributed by atoms with E-state index in [0.717, 1.165) is 55.7 Å². The summed E-state index contributed by atoms with van der Waals surface area (Å²) in [5, 5.41) is 3.58. The Hall–Kier alpha value is -7.11. The van der Waals surface area contributed by atoms with Crippen LogP contribution in [0.25, 0.3) is 89.4 Å². The molecule has 0 aliphatic carbocycles. The minimum Gasteiger partial charge on any atom is -0.315 e. The highest BCUT2D eigenvalue weighted by Crippen LogP contribution is 2.40. The van der Waals surface area contributed by atoms with Gasteiger partial charge < -0.3 is 9.13 Å². The summed E-state index contributed by atoms with van der Waals surface area (Å²) in [4.78, 5) is 15.3. The Labute approximate surface area is 307 Å². The van der Waals surface area contributed by atoms with Crippen molar-refractivity contribution >= 4 is 32.7 Å². The second kappa shape index (κ2) is 12.6. The van der Waals surface area contributed by atoms with E-state index in [-0.39, 0.29) is 0 Å². The van der Waals surface area contributed by atoms with Gasteiger partial charge in [-0.25, -0.2) is 15.0 Å². The van der Waals surface area contributed by atoms with Crippen LogP contribution < -0.4 is 0 Å². The summed E-state index contributed by atoms with van der Waals surface area (Å²) in [7, 11) is 0. The molecule has 53 heavy (non-hydrogen) atoms. The van der Waals surface area contributed by atoms with E-state index in [1.165, 1.54) is 21.7 Å². The highest BCUT2D eigenvalue weighted by molar-refractivity contribution is 6.18. The fraction of sp³-hybridized carbons (Fsp3) is 0.0208. The maximum absolute atomic E-state index is 5.15. The topological polar surface area (TPSA) is 48.5 Å². The molecule has 3 heterocycles. The zero-order chi connectivity index (χ0) is 35.3. The Morgan fingerprint density at radius 3 is 1.68 bits per heavy atom. The zero-order valence-corrected chi connectivity index (χ0v) is 29.1. The molecule has 0 amide bonds. The van der Waals surface area contributed by atoms with E-state index in [4.69, 9.17) is 15.0 Å². The first-order valence-electron chi connectivity index (χ1n) is 17.9. The smallest absolute Gasteiger partial charge is 0.164 e. The minimum absolute atomic E-state index is 0.616. The average Bonchev–Trinajstić information content (AvgIpc) is 3.81. The van der Waals surface area contributed by atoms with Crippen LogP contribution in [0.4, 0.5) is 0 Å². The fourth-order valence-corrected chi connectivity index (χ4v) is 7.54. The van der Waals surface area contributed by atoms with Crippen LogP contribution in [0, 0.1) is 6.92 Å². The summed E-state index contributed by atoms with van der Waals surface area (Å²) in [5.74, 6) is 1.89. The van der Waals surface area contributed by atoms with Crippen LogP contribution in [0.3, 0.4) is 0 Å². The lowest BCUT2D eigenvalue weighted by molar-refractivity contribution is 1.07. The predicted molar refractivity (Wildman–Crippen MR) is 217 cm³/mol. The van der Waals surface area contributed by atoms with Gasteiger partial charge in [0.1, 0.15) is 0 Å². The summed E-state index contributed by atoms with van der Waals surface area (Å²) in [6.45, 7) is 2.14. The molecule has 0 spiro atoms. The van der Waals surface area contributed by atoms with Crippen molar-refractivity contribution in [3.8, 4) is 56.7 Å². The van der Waals surface area contributed by atoms with Crippen molar-refractivity contribution in [3.63, 3.8) is 0 Å². The van der Waals surface area contributed by atoms with E-state index in [2.05, 4.69) is 138 Å². The molecule has 10 aromatic rings. The van der Waals surface area contributed by atoms with Crippen molar-refractivity contribution in [1.29, 1.82) is 0 Å². The lowest BCUT2D eigenvalue weighted by Crippen LogP contribution is -2.02. The number of benzene rings is 7. The first kappa shape index (κ1) is 30.7. The molecule has 250 valence electrons. The van der Waals surface area contributed by atoms with Crippen LogP contribution in [-0.2, 0) is 0 Å². The Morgan fingerprint density at radius 2 is 1.00 bits per heavy atom. The van der Waals surface area contributed by atoms with Crippen LogP contribution in [-0.4, -0.2) is 24.1 Å². The highest BCUT2D eigenvalue weighted by atomic mass is 15.0. The van der Waals surface area contributed by atoms with Gasteiger partial charge in [-0.05, 0) is 66.1 Å². The molecule has 0 unspecified atom stereocenters. The Balaban J connectivity index is 1.29. The number of rotatable bonds is 6. The number of aromatic nitrogens is 5. The number of nitrogens with zero attached hydrogens (tertiary/aromatic N) is 5. The molecule has 0 bridgehead atoms. The molecular weight excluding hydrogens is 647 g/mol. The van der Waals surface area contributed by atoms with Gasteiger partial charge >= 0.3 is 0 Å². The van der Waals surface area contributed by atoms with Crippen molar-refractivity contribution in [2.45, 2.75) is 6.92 Å². The van der Waals surface area contributed by atoms with Crippen molar-refractivity contribution < 1.29 is 0 Å². The SMILES string of the molecule is Cc1cccc(-n2ccc3ccc4c5ccccc5n(-c5cc(-c6ccccc6)cc(-c6nc(-c7ccccc7)nc(-c7ccccc7)n6)c5)c4c32)c1. The number of para-hydroxylation sites is 1. The second-order valence-corrected chi connectivity index (χ2v) is 13.4. The molecule has 0 saturated heterocycles. The summed E-state index contributed by atoms with van der Waals surface area (Å²) in [6.07, 6.45) is 2.19. The quantitative estimate of drug-likeness (QED) is 0.176. The summed E-state index contributed by atoms with van der Waals surface area (Å²) in [6, 6.07) is 61.7. The third-order valence-corrected chi connectivity index (χ3v) is 10.0. The summed E-state index contributed by atoms with van der Waals surface area (Å²) in [5.41, 5.74) is 11.8. The van der Waals surface area contributed by atoms with Crippen LogP contribution in [0.5, 0.6) is 0 Å². The van der Waals surface area contributed by atoms with Crippen molar-refractivity contribution in [1.82, 2.24) is 24.1 Å². The van der Waals surface area contributed by atoms with Gasteiger partial charge in [-0.15, -0.1) is 0 Å². The number of hydrogen-bond acceptors (Lipinski definition) is 3. The lowest BCUT2D eigenvalue weighted by Gasteiger charge is -2.15. The standard InChI is InChI=1S/C48H33N5/c1-32-14-13-21-39(28-32)52-27-26-34-24-25-42-41-22-11-12-23-43(41)53(45(42)44(34)52)40-30-37(33-15-5-2-6-16-33)29-38(31-40)48-50-46(35-17-7-3-8-18-35)49-47(51-48)36-19-9-4-10-20-36/h2-31H,1H3. The van der Waals surface area contributed by atoms with E-state index >= 15 is 0 Å². The molecular formula is C48H33N5. The number of fused-ring (bicyclic) bond motifs is 5. The number of aryl methyl sites for hydroxylation is 1. The highest BCUT2D eigenvalue weighted by Gasteiger charge is 2.20. The molecule has 0 aliphatic heterocycles. The molecule has 0 N–H and O–H groups in total. The molecule has 3 aromatic heterocycles. The molecule has 10 rings (SSSR count). The van der Waals surface area contributed by atoms with Gasteiger partial charge in [0, 0.05) is 50.4 Å². The Morgan fingerprint density at radius 1 is 0.396 bits per heavy atom. The maximum Gasteiger partial charge on any atom is 0.164 e. The molecule has 0 aliphatic rings. The molecule has 0 radical (unpaired) electrons. The van der Waals surface area contributed by atoms with E-state index in [1.54, 1.807) is 0 Å². The van der Waals surface area contributed by atoms with Crippen LogP contribution >= 0.6 is 0 Å². The molecule has 0 atom stereocenters. The van der Waals surface area contributed by atoms with Gasteiger partial charge in [0.2, 0.25) is 0 Å². The monoisotopic (exact) mass is 679 g/mol. The van der Waals surface area contributed by atoms with Gasteiger partial charge in [0.05, 0.1) is 16.6 Å². The van der Waals surface area contributed by atoms with Crippen LogP contribution in [0.1, 0.15) is 5.56 Å². The van der Waals surface area contributed by atoms with Crippen LogP contribution in [0.2, 0.25) is 0 Å². The third kappa shape index (κ3) is 5.38. The largest absolute Gasteiger partial charge is 0.315 e. The van der Waals surface area contributed by atoms with E-state index in [9.17, 15) is 0 Å². The van der Waals surface area contributed by atoms with Gasteiger partial charge in [0.25, 0.3) is 0 Å². The molecule has 0 fully saturated rings. The first-order chi connectivity index (χ1) is 26.2. The maximum atomic E-state index is 5.15. The predicted octanol–water partition coefficient (Wildman–Crippen LogP) is 11.9. The van der Waals surface area contributed by atoms with Crippen molar-refractivity contribution in [2.24, 2.45) is 0 Å². The van der Waals surface area contributed by atoms with Crippen molar-refractivity contribution in [2.75, 3.05) is 0 Å². The van der Waals surface area contributed by atoms with E-state index in [1.807, 2.05) is 60.7 Å². The van der Waals surface area contributed by atoms with E-state index < -0.39 is 0 Å². The van der Waals surface area contributed by atoms with Crippen LogP contribution in [0.15, 0.2) is 182 Å². The zero-order valence-electron chi connectivity index (χ0n) is 29.1. The van der Waals surface area contributed by atoms with Gasteiger partial charge in [-0.3, -0.25) is 0 Å². The summed E-state index contributed by atoms with van der Waals surface area (Å²) < 4.78 is 4.75. The molecule has 5 heteroatoms. The van der Waals surface area contributed by atoms with E-state index in [0.29, 0.717) is 17.5 Å². The molecule has 7 aromatic carbocycles. The van der Waals surface area contributed by atoms with Gasteiger partial charge in [0.15, 0.2) is 17.5 Å². The van der Waals surface area contributed by atoms with Gasteiger partial charge in [-0.2, -0.15) is 0 Å². The fourth-order valence-electron chi connectivity index (χ4n) is 7.54. The average molecular weight is 680 g/mol. The summed E-state index contributed by atoms with van der Waals surface area (Å²) >= 11 is 0. The first-order valence-corrected chi connectivity index (χ1v) is 17.9. The number of hydrogen-bond donors (Lipinski definition) is 0. The molecule has 5 nitrogen and oxygen atoms in total. The van der Waals surface area contributed by atoms with Gasteiger partial charge in [-0.1, -0.05) is 133 Å². The Bertz CT molecular complexity index is 2880. The normalized spacial score (nSPS) is 11.5. The van der Waals surface area contributed by atoms with Crippen molar-refractivity contribution in [3.05, 3.63) is 188 Å².